The lowest BCUT2D eigenvalue weighted by Gasteiger charge is -1.90. The van der Waals surface area contributed by atoms with Crippen LogP contribution < -0.4 is 0 Å². The van der Waals surface area contributed by atoms with E-state index in [4.69, 9.17) is 4.55 Å². The molecule has 0 aliphatic heterocycles. The lowest BCUT2D eigenvalue weighted by molar-refractivity contribution is 0.296. The molecule has 0 saturated carbocycles. The first-order valence-corrected chi connectivity index (χ1v) is 4.58. The van der Waals surface area contributed by atoms with Crippen molar-refractivity contribution in [3.63, 3.8) is 0 Å². The van der Waals surface area contributed by atoms with Gasteiger partial charge in [-0.1, -0.05) is 6.08 Å². The third-order valence-corrected chi connectivity index (χ3v) is 1.17. The molecule has 0 bridgehead atoms. The van der Waals surface area contributed by atoms with Gasteiger partial charge < -0.3 is 4.98 Å². The van der Waals surface area contributed by atoms with Gasteiger partial charge in [-0.05, 0) is 0 Å². The van der Waals surface area contributed by atoms with E-state index in [2.05, 4.69) is 20.7 Å². The van der Waals surface area contributed by atoms with Crippen LogP contribution in [0.2, 0.25) is 0 Å². The zero-order chi connectivity index (χ0) is 10.2. The maximum atomic E-state index is 9.68. The van der Waals surface area contributed by atoms with Crippen LogP contribution in [-0.4, -0.2) is 29.5 Å². The quantitative estimate of drug-likeness (QED) is 0.551. The molecular formula is C6H10N2O4S. The van der Waals surface area contributed by atoms with Gasteiger partial charge in [0.15, 0.2) is 0 Å². The highest BCUT2D eigenvalue weighted by atomic mass is 32.3. The van der Waals surface area contributed by atoms with Gasteiger partial charge >= 0.3 is 10.4 Å². The third-order valence-electron chi connectivity index (χ3n) is 0.741. The summed E-state index contributed by atoms with van der Waals surface area (Å²) in [6, 6.07) is 0. The van der Waals surface area contributed by atoms with Gasteiger partial charge in [-0.25, -0.2) is 9.17 Å². The van der Waals surface area contributed by atoms with Crippen LogP contribution in [0.4, 0.5) is 0 Å². The molecule has 0 radical (unpaired) electrons. The predicted octanol–water partition coefficient (Wildman–Crippen LogP) is 0.402. The number of hydrogen-bond donors (Lipinski definition) is 2. The molecular weight excluding hydrogens is 196 g/mol. The monoisotopic (exact) mass is 206 g/mol. The fourth-order valence-electron chi connectivity index (χ4n) is 0.349. The molecule has 6 nitrogen and oxygen atoms in total. The minimum atomic E-state index is -4.26. The number of imidazole rings is 1. The fourth-order valence-corrected chi connectivity index (χ4v) is 0.617. The number of hydrogen-bond acceptors (Lipinski definition) is 4. The van der Waals surface area contributed by atoms with E-state index in [-0.39, 0.29) is 6.61 Å². The van der Waals surface area contributed by atoms with Crippen LogP contribution in [0.3, 0.4) is 0 Å². The van der Waals surface area contributed by atoms with Crippen molar-refractivity contribution >= 4 is 10.4 Å². The molecule has 13 heavy (non-hydrogen) atoms. The molecule has 0 aliphatic rings. The van der Waals surface area contributed by atoms with E-state index in [9.17, 15) is 8.42 Å². The Bertz CT molecular complexity index is 288. The molecule has 74 valence electrons. The molecule has 7 heteroatoms. The van der Waals surface area contributed by atoms with Gasteiger partial charge in [0.05, 0.1) is 12.9 Å². The van der Waals surface area contributed by atoms with Crippen molar-refractivity contribution in [2.75, 3.05) is 6.61 Å². The highest BCUT2D eigenvalue weighted by molar-refractivity contribution is 7.80. The van der Waals surface area contributed by atoms with E-state index >= 15 is 0 Å². The lowest BCUT2D eigenvalue weighted by Crippen LogP contribution is -2.02. The second kappa shape index (κ2) is 6.35. The number of rotatable bonds is 3. The average molecular weight is 206 g/mol. The van der Waals surface area contributed by atoms with E-state index in [0.717, 1.165) is 0 Å². The molecule has 2 N–H and O–H groups in total. The zero-order valence-corrected chi connectivity index (χ0v) is 7.57. The van der Waals surface area contributed by atoms with Gasteiger partial charge in [-0.3, -0.25) is 4.55 Å². The molecule has 1 rings (SSSR count). The molecule has 0 spiro atoms. The number of nitrogens with zero attached hydrogens (tertiary/aromatic N) is 1. The van der Waals surface area contributed by atoms with Gasteiger partial charge in [0.1, 0.15) is 0 Å². The highest BCUT2D eigenvalue weighted by Gasteiger charge is 1.99. The van der Waals surface area contributed by atoms with E-state index in [1.54, 1.807) is 18.7 Å². The molecule has 0 unspecified atom stereocenters. The summed E-state index contributed by atoms with van der Waals surface area (Å²) in [6.45, 7) is 2.97. The first-order valence-electron chi connectivity index (χ1n) is 3.21. The van der Waals surface area contributed by atoms with Crippen LogP contribution in [0, 0.1) is 0 Å². The van der Waals surface area contributed by atoms with E-state index in [1.807, 2.05) is 0 Å². The van der Waals surface area contributed by atoms with Gasteiger partial charge in [0.25, 0.3) is 0 Å². The molecule has 0 atom stereocenters. The Morgan fingerprint density at radius 3 is 2.54 bits per heavy atom. The van der Waals surface area contributed by atoms with Gasteiger partial charge in [0, 0.05) is 12.4 Å². The minimum absolute atomic E-state index is 0.196. The SMILES string of the molecule is C=CCOS(=O)(=O)O.c1c[nH]cn1. The van der Waals surface area contributed by atoms with Crippen LogP contribution >= 0.6 is 0 Å². The second-order valence-corrected chi connectivity index (χ2v) is 2.85. The number of H-pyrrole nitrogens is 1. The summed E-state index contributed by atoms with van der Waals surface area (Å²) in [5, 5.41) is 0. The molecule has 0 saturated heterocycles. The highest BCUT2D eigenvalue weighted by Crippen LogP contribution is 1.83. The Kier molecular flexibility index (Phi) is 5.77. The predicted molar refractivity (Wildman–Crippen MR) is 46.3 cm³/mol. The molecule has 1 aromatic rings. The van der Waals surface area contributed by atoms with E-state index in [0.29, 0.717) is 0 Å². The van der Waals surface area contributed by atoms with E-state index < -0.39 is 10.4 Å². The molecule has 0 aliphatic carbocycles. The molecule has 1 aromatic heterocycles. The molecule has 1 heterocycles. The number of nitrogens with one attached hydrogen (secondary N) is 1. The maximum absolute atomic E-state index is 9.68. The van der Waals surface area contributed by atoms with Gasteiger partial charge in [0.2, 0.25) is 0 Å². The summed E-state index contributed by atoms with van der Waals surface area (Å²) < 4.78 is 31.0. The summed E-state index contributed by atoms with van der Waals surface area (Å²) >= 11 is 0. The summed E-state index contributed by atoms with van der Waals surface area (Å²) in [5.74, 6) is 0. The average Bonchev–Trinajstić information content (AvgIpc) is 2.56. The number of aromatic amines is 1. The maximum Gasteiger partial charge on any atom is 0.397 e. The zero-order valence-electron chi connectivity index (χ0n) is 6.75. The van der Waals surface area contributed by atoms with Crippen molar-refractivity contribution in [1.82, 2.24) is 9.97 Å². The van der Waals surface area contributed by atoms with Crippen LogP contribution in [-0.2, 0) is 14.6 Å². The van der Waals surface area contributed by atoms with Crippen LogP contribution in [0.1, 0.15) is 0 Å². The van der Waals surface area contributed by atoms with Crippen molar-refractivity contribution in [2.45, 2.75) is 0 Å². The first kappa shape index (κ1) is 11.8. The smallest absolute Gasteiger partial charge is 0.351 e. The molecule has 0 aromatic carbocycles. The normalized spacial score (nSPS) is 9.92. The largest absolute Gasteiger partial charge is 0.397 e. The van der Waals surface area contributed by atoms with Crippen molar-refractivity contribution in [3.05, 3.63) is 31.4 Å². The Morgan fingerprint density at radius 2 is 2.38 bits per heavy atom. The van der Waals surface area contributed by atoms with Crippen molar-refractivity contribution < 1.29 is 17.2 Å². The Labute approximate surface area is 76.2 Å². The third kappa shape index (κ3) is 10.8. The van der Waals surface area contributed by atoms with Crippen molar-refractivity contribution in [1.29, 1.82) is 0 Å². The summed E-state index contributed by atoms with van der Waals surface area (Å²) in [4.78, 5) is 6.42. The number of aromatic nitrogens is 2. The van der Waals surface area contributed by atoms with Crippen LogP contribution in [0.5, 0.6) is 0 Å². The molecule has 0 fully saturated rings. The van der Waals surface area contributed by atoms with Crippen LogP contribution in [0.15, 0.2) is 31.4 Å². The molecule has 0 amide bonds. The Balaban J connectivity index is 0.000000243. The van der Waals surface area contributed by atoms with E-state index in [1.165, 1.54) is 6.08 Å². The fraction of sp³-hybridized carbons (Fsp3) is 0.167. The Morgan fingerprint density at radius 1 is 1.69 bits per heavy atom. The second-order valence-electron chi connectivity index (χ2n) is 1.76. The van der Waals surface area contributed by atoms with Crippen molar-refractivity contribution in [2.24, 2.45) is 0 Å². The summed E-state index contributed by atoms with van der Waals surface area (Å²) in [5.41, 5.74) is 0. The van der Waals surface area contributed by atoms with Gasteiger partial charge in [-0.15, -0.1) is 6.58 Å². The standard InChI is InChI=1S/C3H4N2.C3H6O4S/c1-2-5-3-4-1;1-2-3-7-8(4,5)6/h1-3H,(H,4,5);2H,1,3H2,(H,4,5,6). The summed E-state index contributed by atoms with van der Waals surface area (Å²) in [6.07, 6.45) is 6.30. The lowest BCUT2D eigenvalue weighted by atomic mass is 10.7. The van der Waals surface area contributed by atoms with Crippen LogP contribution in [0.25, 0.3) is 0 Å². The Hall–Kier alpha value is -1.18. The summed E-state index contributed by atoms with van der Waals surface area (Å²) in [7, 11) is -4.26. The van der Waals surface area contributed by atoms with Crippen molar-refractivity contribution in [3.8, 4) is 0 Å². The topological polar surface area (TPSA) is 92.3 Å². The minimum Gasteiger partial charge on any atom is -0.351 e. The van der Waals surface area contributed by atoms with Gasteiger partial charge in [-0.2, -0.15) is 8.42 Å². The first-order chi connectivity index (χ1) is 6.06.